The van der Waals surface area contributed by atoms with Crippen LogP contribution in [0.5, 0.6) is 0 Å². The van der Waals surface area contributed by atoms with Crippen LogP contribution in [0.2, 0.25) is 0 Å². The lowest BCUT2D eigenvalue weighted by molar-refractivity contribution is 0.240. The van der Waals surface area contributed by atoms with Crippen LogP contribution < -0.4 is 0 Å². The SMILES string of the molecule is CCCc1ncc2c(n1)CCN(Cc1cscn1)C2. The molecule has 3 heterocycles. The van der Waals surface area contributed by atoms with E-state index in [9.17, 15) is 0 Å². The second-order valence-corrected chi connectivity index (χ2v) is 5.67. The molecule has 4 nitrogen and oxygen atoms in total. The smallest absolute Gasteiger partial charge is 0.128 e. The Morgan fingerprint density at radius 1 is 1.37 bits per heavy atom. The monoisotopic (exact) mass is 274 g/mol. The van der Waals surface area contributed by atoms with Crippen LogP contribution in [0.3, 0.4) is 0 Å². The van der Waals surface area contributed by atoms with E-state index in [1.165, 1.54) is 11.3 Å². The minimum Gasteiger partial charge on any atom is -0.293 e. The molecule has 0 aromatic carbocycles. The van der Waals surface area contributed by atoms with Gasteiger partial charge in [-0.25, -0.2) is 15.0 Å². The topological polar surface area (TPSA) is 41.9 Å². The highest BCUT2D eigenvalue weighted by Gasteiger charge is 2.18. The van der Waals surface area contributed by atoms with E-state index in [0.29, 0.717) is 0 Å². The molecule has 0 N–H and O–H groups in total. The molecule has 19 heavy (non-hydrogen) atoms. The highest BCUT2D eigenvalue weighted by atomic mass is 32.1. The Labute approximate surface area is 117 Å². The van der Waals surface area contributed by atoms with E-state index in [0.717, 1.165) is 50.4 Å². The van der Waals surface area contributed by atoms with Crippen LogP contribution in [0, 0.1) is 0 Å². The number of fused-ring (bicyclic) bond motifs is 1. The predicted molar refractivity (Wildman–Crippen MR) is 76.0 cm³/mol. The summed E-state index contributed by atoms with van der Waals surface area (Å²) in [5.41, 5.74) is 5.58. The van der Waals surface area contributed by atoms with Crippen LogP contribution in [-0.4, -0.2) is 26.4 Å². The molecule has 0 saturated heterocycles. The molecule has 0 fully saturated rings. The first-order valence-electron chi connectivity index (χ1n) is 6.78. The van der Waals surface area contributed by atoms with Gasteiger partial charge in [-0.1, -0.05) is 6.92 Å². The Balaban J connectivity index is 1.70. The van der Waals surface area contributed by atoms with Crippen molar-refractivity contribution in [3.05, 3.63) is 39.9 Å². The lowest BCUT2D eigenvalue weighted by atomic mass is 10.1. The average Bonchev–Trinajstić information content (AvgIpc) is 2.92. The van der Waals surface area contributed by atoms with Crippen molar-refractivity contribution in [2.45, 2.75) is 39.3 Å². The van der Waals surface area contributed by atoms with Crippen molar-refractivity contribution < 1.29 is 0 Å². The van der Waals surface area contributed by atoms with Gasteiger partial charge in [0.15, 0.2) is 0 Å². The Bertz CT molecular complexity index is 538. The standard InChI is InChI=1S/C14H18N4S/c1-2-3-14-15-6-11-7-18(5-4-13(11)17-14)8-12-9-19-10-16-12/h6,9-10H,2-5,7-8H2,1H3. The van der Waals surface area contributed by atoms with Gasteiger partial charge in [-0.15, -0.1) is 11.3 Å². The molecule has 0 amide bonds. The summed E-state index contributed by atoms with van der Waals surface area (Å²) < 4.78 is 0. The highest BCUT2D eigenvalue weighted by Crippen LogP contribution is 2.18. The van der Waals surface area contributed by atoms with E-state index in [1.807, 2.05) is 11.7 Å². The van der Waals surface area contributed by atoms with Crippen molar-refractivity contribution in [1.82, 2.24) is 19.9 Å². The second kappa shape index (κ2) is 5.75. The zero-order chi connectivity index (χ0) is 13.1. The lowest BCUT2D eigenvalue weighted by Crippen LogP contribution is -2.31. The quantitative estimate of drug-likeness (QED) is 0.859. The number of aryl methyl sites for hydroxylation is 1. The first kappa shape index (κ1) is 12.7. The van der Waals surface area contributed by atoms with Gasteiger partial charge >= 0.3 is 0 Å². The van der Waals surface area contributed by atoms with Crippen molar-refractivity contribution >= 4 is 11.3 Å². The number of rotatable bonds is 4. The summed E-state index contributed by atoms with van der Waals surface area (Å²) in [6.45, 7) is 5.10. The van der Waals surface area contributed by atoms with Gasteiger partial charge in [0.25, 0.3) is 0 Å². The van der Waals surface area contributed by atoms with Gasteiger partial charge in [-0.05, 0) is 6.42 Å². The fraction of sp³-hybridized carbons (Fsp3) is 0.500. The van der Waals surface area contributed by atoms with E-state index >= 15 is 0 Å². The molecular weight excluding hydrogens is 256 g/mol. The first-order valence-corrected chi connectivity index (χ1v) is 7.72. The van der Waals surface area contributed by atoms with Crippen LogP contribution in [-0.2, 0) is 25.9 Å². The maximum absolute atomic E-state index is 4.68. The zero-order valence-electron chi connectivity index (χ0n) is 11.2. The van der Waals surface area contributed by atoms with E-state index < -0.39 is 0 Å². The molecule has 0 saturated carbocycles. The van der Waals surface area contributed by atoms with Crippen LogP contribution in [0.15, 0.2) is 17.1 Å². The average molecular weight is 274 g/mol. The number of thiazole rings is 1. The summed E-state index contributed by atoms with van der Waals surface area (Å²) in [5.74, 6) is 0.995. The highest BCUT2D eigenvalue weighted by molar-refractivity contribution is 7.07. The van der Waals surface area contributed by atoms with Gasteiger partial charge in [-0.3, -0.25) is 4.90 Å². The summed E-state index contributed by atoms with van der Waals surface area (Å²) in [7, 11) is 0. The maximum Gasteiger partial charge on any atom is 0.128 e. The minimum absolute atomic E-state index is 0.930. The normalized spacial score (nSPS) is 15.4. The molecule has 0 radical (unpaired) electrons. The van der Waals surface area contributed by atoms with Crippen LogP contribution >= 0.6 is 11.3 Å². The molecule has 2 aromatic heterocycles. The molecule has 3 rings (SSSR count). The summed E-state index contributed by atoms with van der Waals surface area (Å²) in [4.78, 5) is 15.9. The lowest BCUT2D eigenvalue weighted by Gasteiger charge is -2.27. The van der Waals surface area contributed by atoms with Crippen molar-refractivity contribution in [2.75, 3.05) is 6.54 Å². The van der Waals surface area contributed by atoms with Crippen LogP contribution in [0.1, 0.15) is 36.1 Å². The second-order valence-electron chi connectivity index (χ2n) is 4.95. The van der Waals surface area contributed by atoms with Gasteiger partial charge in [0.2, 0.25) is 0 Å². The molecule has 0 spiro atoms. The first-order chi connectivity index (χ1) is 9.35. The zero-order valence-corrected chi connectivity index (χ0v) is 12.0. The predicted octanol–water partition coefficient (Wildman–Crippen LogP) is 2.44. The summed E-state index contributed by atoms with van der Waals surface area (Å²) in [5, 5.41) is 2.12. The Morgan fingerprint density at radius 2 is 2.32 bits per heavy atom. The van der Waals surface area contributed by atoms with Gasteiger partial charge in [-0.2, -0.15) is 0 Å². The fourth-order valence-corrected chi connectivity index (χ4v) is 2.99. The number of hydrogen-bond acceptors (Lipinski definition) is 5. The van der Waals surface area contributed by atoms with Crippen LogP contribution in [0.25, 0.3) is 0 Å². The summed E-state index contributed by atoms with van der Waals surface area (Å²) in [6.07, 6.45) is 5.13. The Hall–Kier alpha value is -1.33. The number of aromatic nitrogens is 3. The van der Waals surface area contributed by atoms with E-state index in [2.05, 4.69) is 32.2 Å². The number of hydrogen-bond donors (Lipinski definition) is 0. The largest absolute Gasteiger partial charge is 0.293 e. The van der Waals surface area contributed by atoms with E-state index in [1.54, 1.807) is 11.3 Å². The van der Waals surface area contributed by atoms with Crippen molar-refractivity contribution in [2.24, 2.45) is 0 Å². The third-order valence-corrected chi connectivity index (χ3v) is 4.04. The molecule has 0 unspecified atom stereocenters. The molecule has 5 heteroatoms. The Morgan fingerprint density at radius 3 is 3.11 bits per heavy atom. The van der Waals surface area contributed by atoms with E-state index in [4.69, 9.17) is 0 Å². The molecule has 1 aliphatic rings. The molecular formula is C14H18N4S. The molecule has 1 aliphatic heterocycles. The summed E-state index contributed by atoms with van der Waals surface area (Å²) in [6, 6.07) is 0. The third kappa shape index (κ3) is 2.98. The molecule has 0 atom stereocenters. The molecule has 2 aromatic rings. The van der Waals surface area contributed by atoms with Gasteiger partial charge < -0.3 is 0 Å². The fourth-order valence-electron chi connectivity index (χ4n) is 2.44. The van der Waals surface area contributed by atoms with Crippen molar-refractivity contribution in [1.29, 1.82) is 0 Å². The molecule has 0 bridgehead atoms. The van der Waals surface area contributed by atoms with Crippen molar-refractivity contribution in [3.63, 3.8) is 0 Å². The van der Waals surface area contributed by atoms with E-state index in [-0.39, 0.29) is 0 Å². The van der Waals surface area contributed by atoms with Crippen LogP contribution in [0.4, 0.5) is 0 Å². The maximum atomic E-state index is 4.68. The summed E-state index contributed by atoms with van der Waals surface area (Å²) >= 11 is 1.66. The van der Waals surface area contributed by atoms with Gasteiger partial charge in [0.1, 0.15) is 5.82 Å². The molecule has 0 aliphatic carbocycles. The Kier molecular flexibility index (Phi) is 3.84. The van der Waals surface area contributed by atoms with Crippen molar-refractivity contribution in [3.8, 4) is 0 Å². The third-order valence-electron chi connectivity index (χ3n) is 3.41. The molecule has 100 valence electrons. The number of nitrogens with zero attached hydrogens (tertiary/aromatic N) is 4. The minimum atomic E-state index is 0.930. The van der Waals surface area contributed by atoms with Gasteiger partial charge in [0, 0.05) is 55.3 Å². The van der Waals surface area contributed by atoms with Gasteiger partial charge in [0.05, 0.1) is 11.2 Å².